The van der Waals surface area contributed by atoms with Crippen LogP contribution in [0.4, 0.5) is 0 Å². The van der Waals surface area contributed by atoms with Crippen molar-refractivity contribution in [3.63, 3.8) is 0 Å². The molecule has 1 aliphatic heterocycles. The van der Waals surface area contributed by atoms with E-state index in [2.05, 4.69) is 0 Å². The second-order valence-corrected chi connectivity index (χ2v) is 8.06. The van der Waals surface area contributed by atoms with Crippen molar-refractivity contribution >= 4 is 15.7 Å². The maximum atomic E-state index is 12.7. The summed E-state index contributed by atoms with van der Waals surface area (Å²) in [6.45, 7) is 2.58. The van der Waals surface area contributed by atoms with E-state index in [1.807, 2.05) is 50.2 Å². The number of likely N-dealkylation sites (N-methyl/N-ethyl adjacent to an activating group) is 1. The van der Waals surface area contributed by atoms with Crippen LogP contribution in [0.1, 0.15) is 17.2 Å². The molecule has 5 nitrogen and oxygen atoms in total. The number of hydrogen-bond donors (Lipinski definition) is 0. The maximum absolute atomic E-state index is 12.7. The Bertz CT molecular complexity index is 594. The molecule has 116 valence electrons. The number of aryl methyl sites for hydroxylation is 1. The van der Waals surface area contributed by atoms with Gasteiger partial charge in [-0.15, -0.1) is 0 Å². The smallest absolute Gasteiger partial charge is 0.244 e. The zero-order valence-corrected chi connectivity index (χ0v) is 13.6. The van der Waals surface area contributed by atoms with Crippen LogP contribution >= 0.6 is 0 Å². The second kappa shape index (κ2) is 6.15. The summed E-state index contributed by atoms with van der Waals surface area (Å²) in [6.07, 6.45) is 0. The van der Waals surface area contributed by atoms with Gasteiger partial charge in [-0.3, -0.25) is 9.69 Å². The first-order valence-corrected chi connectivity index (χ1v) is 8.84. The number of rotatable bonds is 3. The summed E-state index contributed by atoms with van der Waals surface area (Å²) >= 11 is 0. The zero-order chi connectivity index (χ0) is 15.6. The third-order valence-electron chi connectivity index (χ3n) is 3.80. The average molecular weight is 310 g/mol. The number of benzene rings is 1. The third kappa shape index (κ3) is 3.83. The van der Waals surface area contributed by atoms with Gasteiger partial charge in [-0.25, -0.2) is 8.42 Å². The molecule has 0 aliphatic carbocycles. The number of nitrogens with zero attached hydrogens (tertiary/aromatic N) is 2. The van der Waals surface area contributed by atoms with Gasteiger partial charge >= 0.3 is 0 Å². The van der Waals surface area contributed by atoms with Gasteiger partial charge in [0.15, 0.2) is 9.84 Å². The topological polar surface area (TPSA) is 57.7 Å². The molecule has 1 aromatic carbocycles. The van der Waals surface area contributed by atoms with Crippen LogP contribution in [0.3, 0.4) is 0 Å². The number of amides is 1. The lowest BCUT2D eigenvalue weighted by Crippen LogP contribution is -2.48. The Hall–Kier alpha value is -1.40. The molecular weight excluding hydrogens is 288 g/mol. The van der Waals surface area contributed by atoms with Crippen LogP contribution in [-0.4, -0.2) is 62.8 Å². The molecule has 21 heavy (non-hydrogen) atoms. The molecular formula is C15H22N2O3S. The molecule has 0 saturated carbocycles. The van der Waals surface area contributed by atoms with E-state index in [1.165, 1.54) is 0 Å². The summed E-state index contributed by atoms with van der Waals surface area (Å²) < 4.78 is 23.0. The summed E-state index contributed by atoms with van der Waals surface area (Å²) in [6, 6.07) is 7.52. The number of carbonyl (C=O) groups excluding carboxylic acids is 1. The normalized spacial score (nSPS) is 19.5. The molecule has 1 saturated heterocycles. The van der Waals surface area contributed by atoms with E-state index < -0.39 is 9.84 Å². The standard InChI is InChI=1S/C15H22N2O3S/c1-12-4-6-13(7-5-12)14(16(2)3)15(18)17-8-10-21(19,20)11-9-17/h4-7,14H,8-11H2,1-3H3/t14-/m1/s1. The molecule has 0 bridgehead atoms. The van der Waals surface area contributed by atoms with E-state index in [0.717, 1.165) is 11.1 Å². The molecule has 0 aromatic heterocycles. The van der Waals surface area contributed by atoms with E-state index in [-0.39, 0.29) is 36.5 Å². The predicted molar refractivity (Wildman–Crippen MR) is 82.8 cm³/mol. The summed E-state index contributed by atoms with van der Waals surface area (Å²) in [4.78, 5) is 16.3. The highest BCUT2D eigenvalue weighted by Gasteiger charge is 2.31. The van der Waals surface area contributed by atoms with E-state index in [0.29, 0.717) is 0 Å². The van der Waals surface area contributed by atoms with Crippen molar-refractivity contribution in [1.82, 2.24) is 9.80 Å². The zero-order valence-electron chi connectivity index (χ0n) is 12.7. The molecule has 1 aromatic rings. The lowest BCUT2D eigenvalue weighted by atomic mass is 10.0. The fourth-order valence-corrected chi connectivity index (χ4v) is 3.72. The van der Waals surface area contributed by atoms with Crippen LogP contribution in [0.5, 0.6) is 0 Å². The fraction of sp³-hybridized carbons (Fsp3) is 0.533. The van der Waals surface area contributed by atoms with Crippen LogP contribution in [0.25, 0.3) is 0 Å². The van der Waals surface area contributed by atoms with Gasteiger partial charge in [0.2, 0.25) is 5.91 Å². The molecule has 1 aliphatic rings. The van der Waals surface area contributed by atoms with Crippen LogP contribution in [0.15, 0.2) is 24.3 Å². The van der Waals surface area contributed by atoms with Gasteiger partial charge in [0.25, 0.3) is 0 Å². The SMILES string of the molecule is Cc1ccc([C@H](C(=O)N2CCS(=O)(=O)CC2)N(C)C)cc1. The molecule has 0 radical (unpaired) electrons. The summed E-state index contributed by atoms with van der Waals surface area (Å²) in [5.74, 6) is 0.0956. The van der Waals surface area contributed by atoms with E-state index in [4.69, 9.17) is 0 Å². The molecule has 0 N–H and O–H groups in total. The monoisotopic (exact) mass is 310 g/mol. The molecule has 0 unspecified atom stereocenters. The Morgan fingerprint density at radius 3 is 2.14 bits per heavy atom. The average Bonchev–Trinajstić information content (AvgIpc) is 2.40. The lowest BCUT2D eigenvalue weighted by molar-refractivity contribution is -0.136. The summed E-state index contributed by atoms with van der Waals surface area (Å²) in [5, 5.41) is 0. The number of carbonyl (C=O) groups is 1. The Balaban J connectivity index is 2.19. The minimum Gasteiger partial charge on any atom is -0.339 e. The third-order valence-corrected chi connectivity index (χ3v) is 5.41. The quantitative estimate of drug-likeness (QED) is 0.831. The van der Waals surface area contributed by atoms with E-state index in [9.17, 15) is 13.2 Å². The summed E-state index contributed by atoms with van der Waals surface area (Å²) in [7, 11) is 0.756. The lowest BCUT2D eigenvalue weighted by Gasteiger charge is -2.33. The molecule has 2 rings (SSSR count). The highest BCUT2D eigenvalue weighted by molar-refractivity contribution is 7.91. The van der Waals surface area contributed by atoms with Crippen molar-refractivity contribution in [2.45, 2.75) is 13.0 Å². The molecule has 1 amide bonds. The van der Waals surface area contributed by atoms with Crippen LogP contribution in [0, 0.1) is 6.92 Å². The first kappa shape index (κ1) is 16.0. The first-order valence-electron chi connectivity index (χ1n) is 7.02. The molecule has 1 atom stereocenters. The Kier molecular flexibility index (Phi) is 4.68. The first-order chi connectivity index (χ1) is 9.80. The largest absolute Gasteiger partial charge is 0.339 e. The summed E-state index contributed by atoms with van der Waals surface area (Å²) in [5.41, 5.74) is 2.08. The van der Waals surface area contributed by atoms with E-state index >= 15 is 0 Å². The van der Waals surface area contributed by atoms with Gasteiger partial charge in [-0.05, 0) is 26.6 Å². The predicted octanol–water partition coefficient (Wildman–Crippen LogP) is 0.855. The van der Waals surface area contributed by atoms with Crippen molar-refractivity contribution < 1.29 is 13.2 Å². The second-order valence-electron chi connectivity index (χ2n) is 5.75. The van der Waals surface area contributed by atoms with Crippen molar-refractivity contribution in [3.05, 3.63) is 35.4 Å². The van der Waals surface area contributed by atoms with Crippen molar-refractivity contribution in [2.24, 2.45) is 0 Å². The number of sulfone groups is 1. The highest BCUT2D eigenvalue weighted by Crippen LogP contribution is 2.22. The van der Waals surface area contributed by atoms with Gasteiger partial charge in [-0.1, -0.05) is 29.8 Å². The van der Waals surface area contributed by atoms with E-state index in [1.54, 1.807) is 4.90 Å². The minimum atomic E-state index is -2.97. The Morgan fingerprint density at radius 2 is 1.67 bits per heavy atom. The molecule has 0 spiro atoms. The molecule has 1 heterocycles. The highest BCUT2D eigenvalue weighted by atomic mass is 32.2. The van der Waals surface area contributed by atoms with Gasteiger partial charge in [0.05, 0.1) is 11.5 Å². The maximum Gasteiger partial charge on any atom is 0.244 e. The Morgan fingerprint density at radius 1 is 1.14 bits per heavy atom. The van der Waals surface area contributed by atoms with Crippen molar-refractivity contribution in [3.8, 4) is 0 Å². The van der Waals surface area contributed by atoms with Gasteiger partial charge < -0.3 is 4.90 Å². The van der Waals surface area contributed by atoms with Crippen LogP contribution in [-0.2, 0) is 14.6 Å². The van der Waals surface area contributed by atoms with Gasteiger partial charge in [0.1, 0.15) is 6.04 Å². The Labute approximate surface area is 126 Å². The van der Waals surface area contributed by atoms with Crippen LogP contribution < -0.4 is 0 Å². The molecule has 1 fully saturated rings. The number of hydrogen-bond acceptors (Lipinski definition) is 4. The van der Waals surface area contributed by atoms with Gasteiger partial charge in [-0.2, -0.15) is 0 Å². The fourth-order valence-electron chi connectivity index (χ4n) is 2.52. The van der Waals surface area contributed by atoms with Gasteiger partial charge in [0, 0.05) is 13.1 Å². The van der Waals surface area contributed by atoms with Crippen molar-refractivity contribution in [2.75, 3.05) is 38.7 Å². The molecule has 6 heteroatoms. The minimum absolute atomic E-state index is 0.0289. The van der Waals surface area contributed by atoms with Crippen molar-refractivity contribution in [1.29, 1.82) is 0 Å². The van der Waals surface area contributed by atoms with Crippen LogP contribution in [0.2, 0.25) is 0 Å².